The third-order valence-corrected chi connectivity index (χ3v) is 7.62. The number of aryl methyl sites for hydroxylation is 2. The molecular weight excluding hydrogens is 509 g/mol. The van der Waals surface area contributed by atoms with Crippen molar-refractivity contribution in [3.63, 3.8) is 0 Å². The molecule has 0 amide bonds. The van der Waals surface area contributed by atoms with Crippen molar-refractivity contribution >= 4 is 27.6 Å². The summed E-state index contributed by atoms with van der Waals surface area (Å²) in [4.78, 5) is 12.7. The van der Waals surface area contributed by atoms with Gasteiger partial charge < -0.3 is 19.1 Å². The van der Waals surface area contributed by atoms with Gasteiger partial charge in [-0.25, -0.2) is 9.18 Å². The standard InChI is InChI=1S/C32H30FN3O4/c1-20-28-26(34-35(20)2)19-39-17-6-5-16-36-30-24(14-15-25(33)29(28)30)23(31(36)32(37)38)12-8-18-40-27-13-7-10-21-9-3-4-11-22(21)27/h3-7,9-11,13-15H,8,12,16-19H2,1-2H3,(H,37,38)/b6-5-. The van der Waals surface area contributed by atoms with E-state index >= 15 is 4.39 Å². The minimum absolute atomic E-state index is 0.167. The molecule has 6 rings (SSSR count). The lowest BCUT2D eigenvalue weighted by atomic mass is 9.97. The summed E-state index contributed by atoms with van der Waals surface area (Å²) in [5, 5.41) is 17.9. The molecule has 0 spiro atoms. The zero-order valence-corrected chi connectivity index (χ0v) is 22.5. The minimum atomic E-state index is -1.05. The molecule has 0 bridgehead atoms. The van der Waals surface area contributed by atoms with Crippen molar-refractivity contribution < 1.29 is 23.8 Å². The number of allylic oxidation sites excluding steroid dienone is 1. The number of carboxylic acids is 1. The van der Waals surface area contributed by atoms with Crippen LogP contribution in [0.4, 0.5) is 4.39 Å². The normalized spacial score (nSPS) is 14.2. The number of benzene rings is 3. The Balaban J connectivity index is 1.43. The van der Waals surface area contributed by atoms with Crippen molar-refractivity contribution in [1.29, 1.82) is 0 Å². The van der Waals surface area contributed by atoms with Gasteiger partial charge >= 0.3 is 5.97 Å². The number of aromatic carboxylic acids is 1. The first-order chi connectivity index (χ1) is 19.5. The van der Waals surface area contributed by atoms with Crippen molar-refractivity contribution in [3.8, 4) is 16.9 Å². The van der Waals surface area contributed by atoms with E-state index in [-0.39, 0.29) is 18.8 Å². The molecule has 0 unspecified atom stereocenters. The van der Waals surface area contributed by atoms with Crippen LogP contribution in [0.3, 0.4) is 0 Å². The van der Waals surface area contributed by atoms with Crippen LogP contribution in [0.5, 0.6) is 5.75 Å². The van der Waals surface area contributed by atoms with Crippen LogP contribution in [-0.2, 0) is 31.4 Å². The molecule has 0 saturated heterocycles. The zero-order valence-electron chi connectivity index (χ0n) is 22.5. The van der Waals surface area contributed by atoms with E-state index in [2.05, 4.69) is 5.10 Å². The lowest BCUT2D eigenvalue weighted by Crippen LogP contribution is -2.11. The first kappa shape index (κ1) is 25.8. The number of nitrogens with zero attached hydrogens (tertiary/aromatic N) is 3. The van der Waals surface area contributed by atoms with Gasteiger partial charge in [-0.1, -0.05) is 48.6 Å². The predicted molar refractivity (Wildman–Crippen MR) is 152 cm³/mol. The number of carbonyl (C=O) groups is 1. The van der Waals surface area contributed by atoms with Gasteiger partial charge in [0, 0.05) is 41.2 Å². The van der Waals surface area contributed by atoms with Gasteiger partial charge in [0.2, 0.25) is 0 Å². The Hall–Kier alpha value is -4.43. The van der Waals surface area contributed by atoms with Crippen molar-refractivity contribution in [2.45, 2.75) is 32.9 Å². The van der Waals surface area contributed by atoms with Crippen LogP contribution in [0.1, 0.15) is 33.9 Å². The molecule has 0 fully saturated rings. The number of ether oxygens (including phenoxy) is 2. The fourth-order valence-corrected chi connectivity index (χ4v) is 5.74. The second kappa shape index (κ2) is 10.6. The predicted octanol–water partition coefficient (Wildman–Crippen LogP) is 6.44. The maximum absolute atomic E-state index is 15.7. The Labute approximate surface area is 231 Å². The van der Waals surface area contributed by atoms with E-state index in [1.807, 2.05) is 68.6 Å². The van der Waals surface area contributed by atoms with Gasteiger partial charge in [0.05, 0.1) is 31.0 Å². The quantitative estimate of drug-likeness (QED) is 0.199. The molecule has 2 aromatic heterocycles. The van der Waals surface area contributed by atoms with Crippen LogP contribution >= 0.6 is 0 Å². The maximum Gasteiger partial charge on any atom is 0.352 e. The highest BCUT2D eigenvalue weighted by Crippen LogP contribution is 2.40. The van der Waals surface area contributed by atoms with E-state index in [0.717, 1.165) is 27.6 Å². The van der Waals surface area contributed by atoms with Gasteiger partial charge in [0.15, 0.2) is 0 Å². The molecule has 204 valence electrons. The zero-order chi connectivity index (χ0) is 27.8. The SMILES string of the molecule is Cc1c2c(nn1C)COC/C=C\Cn1c(C(=O)O)c(CCCOc3cccc4ccccc34)c3ccc(F)c-2c31. The second-order valence-electron chi connectivity index (χ2n) is 10.0. The van der Waals surface area contributed by atoms with E-state index in [1.54, 1.807) is 15.3 Å². The molecule has 0 atom stereocenters. The second-order valence-corrected chi connectivity index (χ2v) is 10.0. The molecule has 7 nitrogen and oxygen atoms in total. The fourth-order valence-electron chi connectivity index (χ4n) is 5.74. The van der Waals surface area contributed by atoms with E-state index in [4.69, 9.17) is 9.47 Å². The smallest absolute Gasteiger partial charge is 0.352 e. The van der Waals surface area contributed by atoms with Gasteiger partial charge in [0.25, 0.3) is 0 Å². The Morgan fingerprint density at radius 1 is 1.07 bits per heavy atom. The Bertz CT molecular complexity index is 1780. The topological polar surface area (TPSA) is 78.5 Å². The number of carboxylic acid groups (broad SMARTS) is 1. The lowest BCUT2D eigenvalue weighted by molar-refractivity contribution is 0.0685. The summed E-state index contributed by atoms with van der Waals surface area (Å²) in [5.74, 6) is -0.672. The number of hydrogen-bond acceptors (Lipinski definition) is 4. The summed E-state index contributed by atoms with van der Waals surface area (Å²) in [6, 6.07) is 17.1. The maximum atomic E-state index is 15.7. The fraction of sp³-hybridized carbons (Fsp3) is 0.250. The van der Waals surface area contributed by atoms with Crippen LogP contribution in [-0.4, -0.2) is 38.6 Å². The third-order valence-electron chi connectivity index (χ3n) is 7.62. The Morgan fingerprint density at radius 3 is 2.75 bits per heavy atom. The molecule has 0 radical (unpaired) electrons. The molecule has 1 aliphatic heterocycles. The van der Waals surface area contributed by atoms with Crippen molar-refractivity contribution in [1.82, 2.24) is 14.3 Å². The van der Waals surface area contributed by atoms with Crippen molar-refractivity contribution in [2.75, 3.05) is 13.2 Å². The van der Waals surface area contributed by atoms with Crippen LogP contribution < -0.4 is 4.74 Å². The highest BCUT2D eigenvalue weighted by Gasteiger charge is 2.28. The summed E-state index contributed by atoms with van der Waals surface area (Å²) in [6.45, 7) is 3.15. The summed E-state index contributed by atoms with van der Waals surface area (Å²) in [5.41, 5.74) is 3.82. The van der Waals surface area contributed by atoms with Crippen LogP contribution in [0, 0.1) is 12.7 Å². The average Bonchev–Trinajstić information content (AvgIpc) is 3.40. The molecule has 40 heavy (non-hydrogen) atoms. The summed E-state index contributed by atoms with van der Waals surface area (Å²) < 4.78 is 31.1. The molecule has 3 heterocycles. The molecule has 0 saturated carbocycles. The number of fused-ring (bicyclic) bond motifs is 3. The van der Waals surface area contributed by atoms with E-state index in [9.17, 15) is 9.90 Å². The molecule has 3 aromatic carbocycles. The molecule has 0 aliphatic carbocycles. The number of rotatable bonds is 6. The first-order valence-electron chi connectivity index (χ1n) is 13.4. The van der Waals surface area contributed by atoms with Gasteiger partial charge in [-0.2, -0.15) is 5.10 Å². The van der Waals surface area contributed by atoms with Crippen molar-refractivity contribution in [3.05, 3.63) is 95.2 Å². The number of halogens is 1. The van der Waals surface area contributed by atoms with Crippen LogP contribution in [0.25, 0.3) is 32.8 Å². The van der Waals surface area contributed by atoms with Crippen LogP contribution in [0.15, 0.2) is 66.7 Å². The van der Waals surface area contributed by atoms with E-state index < -0.39 is 11.8 Å². The van der Waals surface area contributed by atoms with Crippen molar-refractivity contribution in [2.24, 2.45) is 7.05 Å². The molecule has 8 heteroatoms. The minimum Gasteiger partial charge on any atom is -0.493 e. The van der Waals surface area contributed by atoms with Gasteiger partial charge in [0.1, 0.15) is 17.3 Å². The lowest BCUT2D eigenvalue weighted by Gasteiger charge is -2.12. The molecular formula is C32H30FN3O4. The molecule has 1 N–H and O–H groups in total. The molecule has 5 aromatic rings. The largest absolute Gasteiger partial charge is 0.493 e. The van der Waals surface area contributed by atoms with E-state index in [0.29, 0.717) is 54.0 Å². The first-order valence-corrected chi connectivity index (χ1v) is 13.4. The summed E-state index contributed by atoms with van der Waals surface area (Å²) in [6.07, 6.45) is 4.78. The highest BCUT2D eigenvalue weighted by atomic mass is 19.1. The van der Waals surface area contributed by atoms with E-state index in [1.165, 1.54) is 6.07 Å². The molecule has 1 aliphatic rings. The summed E-state index contributed by atoms with van der Waals surface area (Å²) >= 11 is 0. The Kier molecular flexibility index (Phi) is 6.86. The Morgan fingerprint density at radius 2 is 1.90 bits per heavy atom. The third kappa shape index (κ3) is 4.44. The van der Waals surface area contributed by atoms with Gasteiger partial charge in [-0.05, 0) is 48.9 Å². The monoisotopic (exact) mass is 539 g/mol. The average molecular weight is 540 g/mol. The number of aromatic nitrogens is 3. The highest BCUT2D eigenvalue weighted by molar-refractivity contribution is 6.04. The van der Waals surface area contributed by atoms with Gasteiger partial charge in [-0.15, -0.1) is 0 Å². The number of hydrogen-bond donors (Lipinski definition) is 1. The van der Waals surface area contributed by atoms with Crippen LogP contribution in [0.2, 0.25) is 0 Å². The van der Waals surface area contributed by atoms with Gasteiger partial charge in [-0.3, -0.25) is 4.68 Å². The summed E-state index contributed by atoms with van der Waals surface area (Å²) in [7, 11) is 1.81.